The quantitative estimate of drug-likeness (QED) is 0.693. The Morgan fingerprint density at radius 1 is 1.12 bits per heavy atom. The number of para-hydroxylation sites is 1. The second kappa shape index (κ2) is 7.65. The van der Waals surface area contributed by atoms with Gasteiger partial charge in [0.05, 0.1) is 12.2 Å². The van der Waals surface area contributed by atoms with Gasteiger partial charge in [-0.2, -0.15) is 0 Å². The summed E-state index contributed by atoms with van der Waals surface area (Å²) in [7, 11) is 1.77. The number of imidazole rings is 1. The number of nitrogens with zero attached hydrogens (tertiary/aromatic N) is 2. The first-order valence-corrected chi connectivity index (χ1v) is 8.25. The summed E-state index contributed by atoms with van der Waals surface area (Å²) >= 11 is 0. The highest BCUT2D eigenvalue weighted by atomic mass is 16.5. The van der Waals surface area contributed by atoms with E-state index in [9.17, 15) is 9.59 Å². The normalized spacial score (nSPS) is 10.4. The van der Waals surface area contributed by atoms with Gasteiger partial charge in [0.15, 0.2) is 5.82 Å². The van der Waals surface area contributed by atoms with Gasteiger partial charge in [-0.3, -0.25) is 9.59 Å². The molecule has 6 heteroatoms. The minimum Gasteiger partial charge on any atom is -0.493 e. The largest absolute Gasteiger partial charge is 0.493 e. The van der Waals surface area contributed by atoms with Crippen LogP contribution in [0.5, 0.6) is 5.75 Å². The molecule has 0 unspecified atom stereocenters. The molecule has 2 aromatic carbocycles. The molecule has 0 aliphatic heterocycles. The molecule has 0 bridgehead atoms. The van der Waals surface area contributed by atoms with Gasteiger partial charge in [0.2, 0.25) is 5.78 Å². The topological polar surface area (TPSA) is 73.2 Å². The average Bonchev–Trinajstić information content (AvgIpc) is 3.08. The smallest absolute Gasteiger partial charge is 0.259 e. The van der Waals surface area contributed by atoms with Gasteiger partial charge in [0.1, 0.15) is 5.75 Å². The van der Waals surface area contributed by atoms with E-state index in [4.69, 9.17) is 4.74 Å². The Kier molecular flexibility index (Phi) is 5.12. The molecule has 0 atom stereocenters. The molecule has 0 spiro atoms. The molecule has 0 saturated carbocycles. The van der Waals surface area contributed by atoms with E-state index in [0.29, 0.717) is 35.0 Å². The fourth-order valence-corrected chi connectivity index (χ4v) is 2.55. The lowest BCUT2D eigenvalue weighted by Crippen LogP contribution is -2.14. The van der Waals surface area contributed by atoms with Crippen LogP contribution in [0.15, 0.2) is 60.9 Å². The van der Waals surface area contributed by atoms with Crippen LogP contribution in [-0.4, -0.2) is 27.8 Å². The minimum atomic E-state index is -0.266. The Balaban J connectivity index is 1.75. The van der Waals surface area contributed by atoms with Gasteiger partial charge in [-0.1, -0.05) is 12.1 Å². The van der Waals surface area contributed by atoms with E-state index in [0.717, 1.165) is 0 Å². The Morgan fingerprint density at radius 2 is 1.85 bits per heavy atom. The second-order valence-corrected chi connectivity index (χ2v) is 5.65. The van der Waals surface area contributed by atoms with Crippen molar-refractivity contribution in [2.24, 2.45) is 7.05 Å². The maximum absolute atomic E-state index is 12.5. The first-order chi connectivity index (χ1) is 12.6. The van der Waals surface area contributed by atoms with Crippen molar-refractivity contribution in [1.29, 1.82) is 0 Å². The van der Waals surface area contributed by atoms with E-state index in [1.54, 1.807) is 66.5 Å². The third-order valence-corrected chi connectivity index (χ3v) is 3.86. The van der Waals surface area contributed by atoms with Crippen LogP contribution in [0.4, 0.5) is 5.69 Å². The minimum absolute atomic E-state index is 0.169. The van der Waals surface area contributed by atoms with Crippen molar-refractivity contribution in [2.45, 2.75) is 6.92 Å². The number of aryl methyl sites for hydroxylation is 1. The first-order valence-electron chi connectivity index (χ1n) is 8.25. The van der Waals surface area contributed by atoms with Crippen LogP contribution >= 0.6 is 0 Å². The third kappa shape index (κ3) is 3.64. The molecule has 3 rings (SSSR count). The van der Waals surface area contributed by atoms with Crippen LogP contribution in [0.3, 0.4) is 0 Å². The lowest BCUT2D eigenvalue weighted by molar-refractivity contribution is 0.101. The number of nitrogens with one attached hydrogen (secondary N) is 1. The molecule has 0 fully saturated rings. The van der Waals surface area contributed by atoms with E-state index >= 15 is 0 Å². The standard InChI is InChI=1S/C20H19N3O3/c1-3-26-17-7-5-4-6-16(17)20(25)22-15-10-8-14(9-11-15)18(24)19-21-12-13-23(19)2/h4-13H,3H2,1-2H3,(H,22,25). The number of ketones is 1. The summed E-state index contributed by atoms with van der Waals surface area (Å²) in [5.74, 6) is 0.468. The van der Waals surface area contributed by atoms with Crippen molar-refractivity contribution in [3.05, 3.63) is 77.9 Å². The van der Waals surface area contributed by atoms with Crippen LogP contribution in [0.1, 0.15) is 33.5 Å². The van der Waals surface area contributed by atoms with Crippen LogP contribution in [0.2, 0.25) is 0 Å². The molecule has 1 heterocycles. The SMILES string of the molecule is CCOc1ccccc1C(=O)Nc1ccc(C(=O)c2nccn2C)cc1. The molecule has 0 radical (unpaired) electrons. The maximum Gasteiger partial charge on any atom is 0.259 e. The Morgan fingerprint density at radius 3 is 2.50 bits per heavy atom. The number of carbonyl (C=O) groups is 2. The van der Waals surface area contributed by atoms with Gasteiger partial charge < -0.3 is 14.6 Å². The highest BCUT2D eigenvalue weighted by Crippen LogP contribution is 2.20. The summed E-state index contributed by atoms with van der Waals surface area (Å²) in [6, 6.07) is 13.8. The lowest BCUT2D eigenvalue weighted by Gasteiger charge is -2.10. The number of aromatic nitrogens is 2. The Hall–Kier alpha value is -3.41. The zero-order chi connectivity index (χ0) is 18.5. The van der Waals surface area contributed by atoms with Gasteiger partial charge in [-0.25, -0.2) is 4.98 Å². The summed E-state index contributed by atoms with van der Waals surface area (Å²) in [5.41, 5.74) is 1.56. The van der Waals surface area contributed by atoms with Crippen LogP contribution < -0.4 is 10.1 Å². The zero-order valence-electron chi connectivity index (χ0n) is 14.6. The lowest BCUT2D eigenvalue weighted by atomic mass is 10.1. The number of hydrogen-bond donors (Lipinski definition) is 1. The number of anilines is 1. The highest BCUT2D eigenvalue weighted by Gasteiger charge is 2.15. The summed E-state index contributed by atoms with van der Waals surface area (Å²) < 4.78 is 7.15. The van der Waals surface area contributed by atoms with E-state index in [-0.39, 0.29) is 11.7 Å². The predicted molar refractivity (Wildman–Crippen MR) is 98.6 cm³/mol. The summed E-state index contributed by atoms with van der Waals surface area (Å²) in [6.07, 6.45) is 3.30. The van der Waals surface area contributed by atoms with Crippen molar-refractivity contribution >= 4 is 17.4 Å². The predicted octanol–water partition coefficient (Wildman–Crippen LogP) is 3.30. The van der Waals surface area contributed by atoms with Gasteiger partial charge in [-0.15, -0.1) is 0 Å². The van der Waals surface area contributed by atoms with Crippen molar-refractivity contribution in [2.75, 3.05) is 11.9 Å². The molecule has 3 aromatic rings. The average molecular weight is 349 g/mol. The van der Waals surface area contributed by atoms with Gasteiger partial charge >= 0.3 is 0 Å². The maximum atomic E-state index is 12.5. The molecule has 1 amide bonds. The molecule has 132 valence electrons. The van der Waals surface area contributed by atoms with Gasteiger partial charge in [0.25, 0.3) is 5.91 Å². The second-order valence-electron chi connectivity index (χ2n) is 5.65. The molecule has 1 aromatic heterocycles. The van der Waals surface area contributed by atoms with Crippen LogP contribution in [0, 0.1) is 0 Å². The van der Waals surface area contributed by atoms with Gasteiger partial charge in [-0.05, 0) is 43.3 Å². The fraction of sp³-hybridized carbons (Fsp3) is 0.150. The van der Waals surface area contributed by atoms with Crippen LogP contribution in [-0.2, 0) is 7.05 Å². The van der Waals surface area contributed by atoms with Crippen molar-refractivity contribution in [1.82, 2.24) is 9.55 Å². The Bertz CT molecular complexity index is 929. The number of benzene rings is 2. The van der Waals surface area contributed by atoms with Crippen molar-refractivity contribution in [3.8, 4) is 5.75 Å². The van der Waals surface area contributed by atoms with E-state index in [1.165, 1.54) is 0 Å². The summed E-state index contributed by atoms with van der Waals surface area (Å²) in [5, 5.41) is 2.82. The number of ether oxygens (including phenoxy) is 1. The van der Waals surface area contributed by atoms with E-state index in [1.807, 2.05) is 13.0 Å². The molecule has 0 saturated heterocycles. The number of rotatable bonds is 6. The highest BCUT2D eigenvalue weighted by molar-refractivity contribution is 6.08. The molecule has 6 nitrogen and oxygen atoms in total. The van der Waals surface area contributed by atoms with E-state index < -0.39 is 0 Å². The number of carbonyl (C=O) groups excluding carboxylic acids is 2. The Labute approximate surface area is 151 Å². The summed E-state index contributed by atoms with van der Waals surface area (Å²) in [6.45, 7) is 2.35. The molecular weight excluding hydrogens is 330 g/mol. The molecular formula is C20H19N3O3. The van der Waals surface area contributed by atoms with Crippen molar-refractivity contribution in [3.63, 3.8) is 0 Å². The molecule has 0 aliphatic rings. The third-order valence-electron chi connectivity index (χ3n) is 3.86. The van der Waals surface area contributed by atoms with Crippen LogP contribution in [0.25, 0.3) is 0 Å². The van der Waals surface area contributed by atoms with Crippen molar-refractivity contribution < 1.29 is 14.3 Å². The molecule has 1 N–H and O–H groups in total. The number of amides is 1. The number of hydrogen-bond acceptors (Lipinski definition) is 4. The fourth-order valence-electron chi connectivity index (χ4n) is 2.55. The van der Waals surface area contributed by atoms with Gasteiger partial charge in [0, 0.05) is 30.7 Å². The molecule has 26 heavy (non-hydrogen) atoms. The first kappa shape index (κ1) is 17.4. The van der Waals surface area contributed by atoms with E-state index in [2.05, 4.69) is 10.3 Å². The summed E-state index contributed by atoms with van der Waals surface area (Å²) in [4.78, 5) is 29.0. The molecule has 0 aliphatic carbocycles. The monoisotopic (exact) mass is 349 g/mol. The zero-order valence-corrected chi connectivity index (χ0v) is 14.6.